The summed E-state index contributed by atoms with van der Waals surface area (Å²) in [5.74, 6) is -1.51. The third-order valence-corrected chi connectivity index (χ3v) is 6.29. The van der Waals surface area contributed by atoms with Crippen LogP contribution >= 0.6 is 11.6 Å². The van der Waals surface area contributed by atoms with Crippen LogP contribution in [0.2, 0.25) is 5.02 Å². The maximum Gasteiger partial charge on any atom is 0.309 e. The van der Waals surface area contributed by atoms with Crippen molar-refractivity contribution in [1.29, 1.82) is 0 Å². The molecular formula is C16H20ClN3O5S. The van der Waals surface area contributed by atoms with Gasteiger partial charge in [-0.2, -0.15) is 4.31 Å². The first-order valence-electron chi connectivity index (χ1n) is 8.35. The number of nitrogens with one attached hydrogen (secondary N) is 2. The van der Waals surface area contributed by atoms with Gasteiger partial charge in [0.1, 0.15) is 6.23 Å². The van der Waals surface area contributed by atoms with Crippen LogP contribution in [0.1, 0.15) is 19.3 Å². The number of rotatable bonds is 5. The molecule has 1 aromatic carbocycles. The minimum atomic E-state index is -3.81. The number of ether oxygens (including phenoxy) is 1. The summed E-state index contributed by atoms with van der Waals surface area (Å²) in [4.78, 5) is 23.6. The molecule has 1 aromatic rings. The molecule has 2 fully saturated rings. The van der Waals surface area contributed by atoms with Gasteiger partial charge in [-0.05, 0) is 43.5 Å². The number of benzene rings is 1. The second kappa shape index (κ2) is 7.91. The van der Waals surface area contributed by atoms with E-state index in [4.69, 9.17) is 16.3 Å². The normalized spacial score (nSPS) is 21.2. The maximum atomic E-state index is 12.9. The molecule has 0 radical (unpaired) electrons. The summed E-state index contributed by atoms with van der Waals surface area (Å²) >= 11 is 5.81. The number of hydrogen-bond acceptors (Lipinski definition) is 5. The summed E-state index contributed by atoms with van der Waals surface area (Å²) in [5, 5.41) is 5.46. The second-order valence-electron chi connectivity index (χ2n) is 6.21. The van der Waals surface area contributed by atoms with Gasteiger partial charge in [-0.15, -0.1) is 0 Å². The summed E-state index contributed by atoms with van der Waals surface area (Å²) < 4.78 is 32.4. The van der Waals surface area contributed by atoms with Crippen molar-refractivity contribution in [2.24, 2.45) is 0 Å². The van der Waals surface area contributed by atoms with Gasteiger partial charge in [0, 0.05) is 17.6 Å². The van der Waals surface area contributed by atoms with Gasteiger partial charge in [0.2, 0.25) is 10.0 Å². The van der Waals surface area contributed by atoms with E-state index in [0.29, 0.717) is 18.1 Å². The van der Waals surface area contributed by atoms with Crippen LogP contribution in [0.3, 0.4) is 0 Å². The fourth-order valence-electron chi connectivity index (χ4n) is 2.58. The van der Waals surface area contributed by atoms with Gasteiger partial charge in [-0.1, -0.05) is 11.6 Å². The molecule has 1 heterocycles. The van der Waals surface area contributed by atoms with Crippen LogP contribution in [-0.4, -0.2) is 56.5 Å². The minimum absolute atomic E-state index is 0.0703. The first-order chi connectivity index (χ1) is 12.4. The van der Waals surface area contributed by atoms with Crippen molar-refractivity contribution in [2.45, 2.75) is 36.4 Å². The van der Waals surface area contributed by atoms with Crippen molar-refractivity contribution >= 4 is 33.4 Å². The summed E-state index contributed by atoms with van der Waals surface area (Å²) in [7, 11) is -3.81. The summed E-state index contributed by atoms with van der Waals surface area (Å²) in [6.07, 6.45) is 1.41. The predicted octanol–water partition coefficient (Wildman–Crippen LogP) is 0.472. The highest BCUT2D eigenvalue weighted by Crippen LogP contribution is 2.23. The quantitative estimate of drug-likeness (QED) is 0.698. The van der Waals surface area contributed by atoms with E-state index in [-0.39, 0.29) is 24.0 Å². The van der Waals surface area contributed by atoms with Crippen molar-refractivity contribution in [3.63, 3.8) is 0 Å². The van der Waals surface area contributed by atoms with Crippen LogP contribution in [0.4, 0.5) is 0 Å². The van der Waals surface area contributed by atoms with Gasteiger partial charge in [-0.25, -0.2) is 8.42 Å². The number of sulfonamides is 1. The highest BCUT2D eigenvalue weighted by atomic mass is 35.5. The molecule has 3 rings (SSSR count). The lowest BCUT2D eigenvalue weighted by Crippen LogP contribution is -2.53. The lowest BCUT2D eigenvalue weighted by atomic mass is 10.3. The lowest BCUT2D eigenvalue weighted by molar-refractivity contribution is -0.140. The van der Waals surface area contributed by atoms with E-state index in [1.165, 1.54) is 28.6 Å². The van der Waals surface area contributed by atoms with Crippen LogP contribution in [0, 0.1) is 0 Å². The first-order valence-corrected chi connectivity index (χ1v) is 10.2. The van der Waals surface area contributed by atoms with Gasteiger partial charge in [-0.3, -0.25) is 9.59 Å². The molecule has 1 saturated carbocycles. The summed E-state index contributed by atoms with van der Waals surface area (Å²) in [6.45, 7) is 0.533. The zero-order chi connectivity index (χ0) is 18.7. The average Bonchev–Trinajstić information content (AvgIpc) is 3.44. The molecule has 0 bridgehead atoms. The molecule has 26 heavy (non-hydrogen) atoms. The topological polar surface area (TPSA) is 105 Å². The molecule has 2 amide bonds. The number of nitrogens with zero attached hydrogens (tertiary/aromatic N) is 1. The molecule has 8 nitrogen and oxygen atoms in total. The van der Waals surface area contributed by atoms with Gasteiger partial charge in [0.15, 0.2) is 0 Å². The van der Waals surface area contributed by atoms with Crippen LogP contribution < -0.4 is 10.6 Å². The van der Waals surface area contributed by atoms with Crippen molar-refractivity contribution in [1.82, 2.24) is 14.9 Å². The van der Waals surface area contributed by atoms with E-state index in [1.807, 2.05) is 0 Å². The highest BCUT2D eigenvalue weighted by Gasteiger charge is 2.35. The molecule has 2 N–H and O–H groups in total. The number of amides is 2. The molecule has 0 spiro atoms. The Morgan fingerprint density at radius 1 is 1.19 bits per heavy atom. The maximum absolute atomic E-state index is 12.9. The molecule has 10 heteroatoms. The Hall–Kier alpha value is -1.68. The van der Waals surface area contributed by atoms with Gasteiger partial charge in [0.25, 0.3) is 0 Å². The van der Waals surface area contributed by atoms with Gasteiger partial charge < -0.3 is 15.4 Å². The Labute approximate surface area is 156 Å². The number of hydrogen-bond donors (Lipinski definition) is 2. The predicted molar refractivity (Wildman–Crippen MR) is 93.9 cm³/mol. The van der Waals surface area contributed by atoms with E-state index in [0.717, 1.165) is 12.8 Å². The standard InChI is InChI=1S/C16H20ClN3O5S/c17-11-2-6-13(7-3-11)26(23,24)20-8-1-9-25-14(20)10-18-15(21)16(22)19-12-4-5-12/h2-3,6-7,12,14H,1,4-5,8-10H2,(H,18,21)(H,19,22). The molecule has 1 atom stereocenters. The van der Waals surface area contributed by atoms with Crippen molar-refractivity contribution < 1.29 is 22.7 Å². The molecule has 142 valence electrons. The molecule has 1 unspecified atom stereocenters. The minimum Gasteiger partial charge on any atom is -0.360 e. The van der Waals surface area contributed by atoms with Crippen molar-refractivity contribution in [3.8, 4) is 0 Å². The Morgan fingerprint density at radius 2 is 1.88 bits per heavy atom. The van der Waals surface area contributed by atoms with E-state index >= 15 is 0 Å². The van der Waals surface area contributed by atoms with E-state index in [1.54, 1.807) is 0 Å². The van der Waals surface area contributed by atoms with Crippen LogP contribution in [0.15, 0.2) is 29.2 Å². The highest BCUT2D eigenvalue weighted by molar-refractivity contribution is 7.89. The Bertz CT molecular complexity index is 780. The monoisotopic (exact) mass is 401 g/mol. The van der Waals surface area contributed by atoms with E-state index in [9.17, 15) is 18.0 Å². The van der Waals surface area contributed by atoms with E-state index in [2.05, 4.69) is 10.6 Å². The second-order valence-corrected chi connectivity index (χ2v) is 8.53. The SMILES string of the molecule is O=C(NCC1OCCCN1S(=O)(=O)c1ccc(Cl)cc1)C(=O)NC1CC1. The van der Waals surface area contributed by atoms with Crippen molar-refractivity contribution in [3.05, 3.63) is 29.3 Å². The molecule has 1 saturated heterocycles. The number of halogens is 1. The van der Waals surface area contributed by atoms with Gasteiger partial charge in [0.05, 0.1) is 18.0 Å². The molecular weight excluding hydrogens is 382 g/mol. The molecule has 2 aliphatic rings. The summed E-state index contributed by atoms with van der Waals surface area (Å²) in [6, 6.07) is 5.91. The molecule has 1 aliphatic carbocycles. The average molecular weight is 402 g/mol. The largest absolute Gasteiger partial charge is 0.360 e. The Balaban J connectivity index is 1.66. The fraction of sp³-hybridized carbons (Fsp3) is 0.500. The van der Waals surface area contributed by atoms with Crippen LogP contribution in [0.25, 0.3) is 0 Å². The van der Waals surface area contributed by atoms with Gasteiger partial charge >= 0.3 is 11.8 Å². The summed E-state index contributed by atoms with van der Waals surface area (Å²) in [5.41, 5.74) is 0. The fourth-order valence-corrected chi connectivity index (χ4v) is 4.27. The Kier molecular flexibility index (Phi) is 5.81. The smallest absolute Gasteiger partial charge is 0.309 e. The van der Waals surface area contributed by atoms with Crippen LogP contribution in [-0.2, 0) is 24.3 Å². The Morgan fingerprint density at radius 3 is 2.54 bits per heavy atom. The first kappa shape index (κ1) is 19.1. The lowest BCUT2D eigenvalue weighted by Gasteiger charge is -2.34. The zero-order valence-electron chi connectivity index (χ0n) is 14.0. The van der Waals surface area contributed by atoms with Crippen LogP contribution in [0.5, 0.6) is 0 Å². The van der Waals surface area contributed by atoms with E-state index < -0.39 is 28.1 Å². The zero-order valence-corrected chi connectivity index (χ0v) is 15.6. The number of carbonyl (C=O) groups is 2. The molecule has 1 aliphatic heterocycles. The molecule has 0 aromatic heterocycles. The number of carbonyl (C=O) groups excluding carboxylic acids is 2. The van der Waals surface area contributed by atoms with Crippen molar-refractivity contribution in [2.75, 3.05) is 19.7 Å². The third-order valence-electron chi connectivity index (χ3n) is 4.13. The third kappa shape index (κ3) is 4.53.